The molecule has 0 fully saturated rings. The van der Waals surface area contributed by atoms with E-state index in [0.29, 0.717) is 5.88 Å². The molecule has 0 atom stereocenters. The summed E-state index contributed by atoms with van der Waals surface area (Å²) >= 11 is 0. The number of pyridine rings is 1. The smallest absolute Gasteiger partial charge is 0.219 e. The van der Waals surface area contributed by atoms with E-state index in [1.165, 1.54) is 0 Å². The summed E-state index contributed by atoms with van der Waals surface area (Å²) in [6.45, 7) is 21.4. The van der Waals surface area contributed by atoms with Crippen molar-refractivity contribution >= 4 is 11.4 Å². The second-order valence-electron chi connectivity index (χ2n) is 9.94. The van der Waals surface area contributed by atoms with Gasteiger partial charge in [0, 0.05) is 23.1 Å². The molecule has 0 saturated heterocycles. The molecule has 0 spiro atoms. The lowest BCUT2D eigenvalue weighted by molar-refractivity contribution is 0.411. The first-order valence-corrected chi connectivity index (χ1v) is 10.0. The molecule has 0 aliphatic carbocycles. The third-order valence-corrected chi connectivity index (χ3v) is 3.94. The highest BCUT2D eigenvalue weighted by Gasteiger charge is 2.13. The van der Waals surface area contributed by atoms with Crippen LogP contribution in [0.3, 0.4) is 0 Å². The number of nitrogens with zero attached hydrogens (tertiary/aromatic N) is 1. The van der Waals surface area contributed by atoms with Crippen LogP contribution in [0.5, 0.6) is 11.6 Å². The van der Waals surface area contributed by atoms with Gasteiger partial charge in [0.2, 0.25) is 5.88 Å². The number of hydrogen-bond donors (Lipinski definition) is 2. The molecule has 1 aromatic carbocycles. The zero-order chi connectivity index (χ0) is 21.7. The summed E-state index contributed by atoms with van der Waals surface area (Å²) in [5, 5.41) is 6.65. The molecule has 2 rings (SSSR count). The lowest BCUT2D eigenvalue weighted by atomic mass is 9.91. The number of benzene rings is 1. The van der Waals surface area contributed by atoms with Crippen LogP contribution < -0.4 is 15.4 Å². The summed E-state index contributed by atoms with van der Waals surface area (Å²) in [7, 11) is 0. The standard InChI is InChI=1S/C25H35N3O/c1-18(15-24(3,4)5)27-20-9-12-22(13-10-20)29-23-14-11-21(17-26-23)28-19(2)16-25(6,7)8/h9-14,17,27-28H,1-2,15-16H2,3-8H3. The van der Waals surface area contributed by atoms with Crippen LogP contribution in [0.1, 0.15) is 54.4 Å². The molecular weight excluding hydrogens is 358 g/mol. The summed E-state index contributed by atoms with van der Waals surface area (Å²) in [5.41, 5.74) is 4.28. The molecule has 0 amide bonds. The maximum Gasteiger partial charge on any atom is 0.219 e. The van der Waals surface area contributed by atoms with E-state index in [1.807, 2.05) is 36.4 Å². The van der Waals surface area contributed by atoms with Crippen molar-refractivity contribution < 1.29 is 4.74 Å². The average Bonchev–Trinajstić information content (AvgIpc) is 2.55. The van der Waals surface area contributed by atoms with Gasteiger partial charge in [0.15, 0.2) is 0 Å². The Morgan fingerprint density at radius 1 is 0.793 bits per heavy atom. The summed E-state index contributed by atoms with van der Waals surface area (Å²) < 4.78 is 5.85. The van der Waals surface area contributed by atoms with E-state index in [2.05, 4.69) is 70.3 Å². The maximum absolute atomic E-state index is 5.85. The molecule has 0 unspecified atom stereocenters. The van der Waals surface area contributed by atoms with Crippen LogP contribution in [0.4, 0.5) is 11.4 Å². The minimum atomic E-state index is 0.195. The molecule has 0 bridgehead atoms. The summed E-state index contributed by atoms with van der Waals surface area (Å²) in [4.78, 5) is 4.38. The fraction of sp³-hybridized carbons (Fsp3) is 0.400. The van der Waals surface area contributed by atoms with Crippen molar-refractivity contribution in [3.05, 3.63) is 67.1 Å². The van der Waals surface area contributed by atoms with E-state index in [-0.39, 0.29) is 10.8 Å². The Labute approximate surface area is 176 Å². The van der Waals surface area contributed by atoms with Crippen molar-refractivity contribution in [2.75, 3.05) is 10.6 Å². The van der Waals surface area contributed by atoms with Gasteiger partial charge in [0.05, 0.1) is 11.9 Å². The van der Waals surface area contributed by atoms with Crippen molar-refractivity contribution in [3.8, 4) is 11.6 Å². The number of rotatable bonds is 8. The number of hydrogen-bond acceptors (Lipinski definition) is 4. The van der Waals surface area contributed by atoms with E-state index in [9.17, 15) is 0 Å². The van der Waals surface area contributed by atoms with Gasteiger partial charge < -0.3 is 15.4 Å². The fourth-order valence-electron chi connectivity index (χ4n) is 3.02. The molecule has 2 aromatic rings. The average molecular weight is 394 g/mol. The Hall–Kier alpha value is -2.75. The van der Waals surface area contributed by atoms with Gasteiger partial charge in [-0.1, -0.05) is 54.7 Å². The molecule has 0 aliphatic heterocycles. The quantitative estimate of drug-likeness (QED) is 0.485. The van der Waals surface area contributed by atoms with Gasteiger partial charge in [0.25, 0.3) is 0 Å². The van der Waals surface area contributed by atoms with Gasteiger partial charge in [-0.05, 0) is 54.0 Å². The second kappa shape index (κ2) is 9.17. The van der Waals surface area contributed by atoms with Crippen LogP contribution in [-0.4, -0.2) is 4.98 Å². The van der Waals surface area contributed by atoms with Gasteiger partial charge >= 0.3 is 0 Å². The number of ether oxygens (including phenoxy) is 1. The van der Waals surface area contributed by atoms with Crippen LogP contribution in [0.2, 0.25) is 0 Å². The highest BCUT2D eigenvalue weighted by molar-refractivity contribution is 5.51. The Kier molecular flexibility index (Phi) is 7.12. The second-order valence-corrected chi connectivity index (χ2v) is 9.94. The molecule has 4 nitrogen and oxygen atoms in total. The predicted molar refractivity (Wildman–Crippen MR) is 124 cm³/mol. The zero-order valence-electron chi connectivity index (χ0n) is 18.7. The summed E-state index contributed by atoms with van der Waals surface area (Å²) in [5.74, 6) is 1.29. The minimum absolute atomic E-state index is 0.195. The first-order chi connectivity index (χ1) is 13.4. The van der Waals surface area contributed by atoms with Crippen molar-refractivity contribution in [2.24, 2.45) is 10.8 Å². The Morgan fingerprint density at radius 3 is 1.72 bits per heavy atom. The van der Waals surface area contributed by atoms with Crippen LogP contribution in [0, 0.1) is 10.8 Å². The molecule has 0 saturated carbocycles. The topological polar surface area (TPSA) is 46.2 Å². The van der Waals surface area contributed by atoms with Gasteiger partial charge in [-0.2, -0.15) is 0 Å². The van der Waals surface area contributed by atoms with E-state index < -0.39 is 0 Å². The lowest BCUT2D eigenvalue weighted by Crippen LogP contribution is -2.10. The molecule has 0 radical (unpaired) electrons. The molecule has 29 heavy (non-hydrogen) atoms. The van der Waals surface area contributed by atoms with Gasteiger partial charge in [0.1, 0.15) is 5.75 Å². The first-order valence-electron chi connectivity index (χ1n) is 10.0. The van der Waals surface area contributed by atoms with Crippen molar-refractivity contribution in [1.29, 1.82) is 0 Å². The van der Waals surface area contributed by atoms with Gasteiger partial charge in [-0.15, -0.1) is 0 Å². The molecule has 4 heteroatoms. The molecule has 1 aromatic heterocycles. The van der Waals surface area contributed by atoms with Crippen LogP contribution in [0.25, 0.3) is 0 Å². The maximum atomic E-state index is 5.85. The summed E-state index contributed by atoms with van der Waals surface area (Å²) in [6, 6.07) is 11.6. The predicted octanol–water partition coefficient (Wildman–Crippen LogP) is 7.60. The van der Waals surface area contributed by atoms with Crippen molar-refractivity contribution in [3.63, 3.8) is 0 Å². The van der Waals surface area contributed by atoms with E-state index >= 15 is 0 Å². The normalized spacial score (nSPS) is 11.7. The van der Waals surface area contributed by atoms with Gasteiger partial charge in [-0.25, -0.2) is 4.98 Å². The third-order valence-electron chi connectivity index (χ3n) is 3.94. The number of aromatic nitrogens is 1. The molecule has 1 heterocycles. The molecule has 2 N–H and O–H groups in total. The molecule has 0 aliphatic rings. The monoisotopic (exact) mass is 393 g/mol. The third kappa shape index (κ3) is 8.86. The highest BCUT2D eigenvalue weighted by Crippen LogP contribution is 2.27. The van der Waals surface area contributed by atoms with Crippen LogP contribution in [0.15, 0.2) is 67.1 Å². The number of allylic oxidation sites excluding steroid dienone is 2. The van der Waals surface area contributed by atoms with Crippen molar-refractivity contribution in [2.45, 2.75) is 54.4 Å². The highest BCUT2D eigenvalue weighted by atomic mass is 16.5. The van der Waals surface area contributed by atoms with E-state index in [1.54, 1.807) is 6.20 Å². The van der Waals surface area contributed by atoms with Crippen LogP contribution in [-0.2, 0) is 0 Å². The number of nitrogens with one attached hydrogen (secondary N) is 2. The molecule has 156 valence electrons. The SMILES string of the molecule is C=C(CC(C)(C)C)Nc1ccc(Oc2ccc(NC(=C)CC(C)(C)C)cn2)cc1. The fourth-order valence-corrected chi connectivity index (χ4v) is 3.02. The minimum Gasteiger partial charge on any atom is -0.439 e. The Morgan fingerprint density at radius 2 is 1.28 bits per heavy atom. The lowest BCUT2D eigenvalue weighted by Gasteiger charge is -2.20. The number of anilines is 2. The Bertz CT molecular complexity index is 751. The van der Waals surface area contributed by atoms with Gasteiger partial charge in [-0.3, -0.25) is 0 Å². The largest absolute Gasteiger partial charge is 0.439 e. The Balaban J connectivity index is 1.90. The van der Waals surface area contributed by atoms with Crippen LogP contribution >= 0.6 is 0 Å². The zero-order valence-corrected chi connectivity index (χ0v) is 18.7. The summed E-state index contributed by atoms with van der Waals surface area (Å²) in [6.07, 6.45) is 3.57. The van der Waals surface area contributed by atoms with E-state index in [0.717, 1.165) is 41.4 Å². The van der Waals surface area contributed by atoms with Crippen molar-refractivity contribution in [1.82, 2.24) is 4.98 Å². The molecular formula is C25H35N3O. The van der Waals surface area contributed by atoms with E-state index in [4.69, 9.17) is 4.74 Å². The first kappa shape index (κ1) is 22.5.